The molecule has 0 radical (unpaired) electrons. The largest absolute Gasteiger partial charge is 0.466 e. The Labute approximate surface area is 85.6 Å². The smallest absolute Gasteiger partial charge is 0.333 e. The molecule has 0 amide bonds. The fraction of sp³-hybridized carbons (Fsp3) is 0.625. The van der Waals surface area contributed by atoms with Crippen molar-refractivity contribution in [1.29, 1.82) is 0 Å². The maximum atomic E-state index is 11.2. The Morgan fingerprint density at radius 3 is 2.93 bits per heavy atom. The van der Waals surface area contributed by atoms with Gasteiger partial charge in [0.25, 0.3) is 0 Å². The van der Waals surface area contributed by atoms with E-state index in [9.17, 15) is 15.0 Å². The van der Waals surface area contributed by atoms with Crippen molar-refractivity contribution in [2.24, 2.45) is 5.11 Å². The highest BCUT2D eigenvalue weighted by Gasteiger charge is 2.32. The van der Waals surface area contributed by atoms with Crippen molar-refractivity contribution in [2.75, 3.05) is 7.11 Å². The molecule has 0 saturated carbocycles. The van der Waals surface area contributed by atoms with E-state index in [1.165, 1.54) is 13.2 Å². The molecule has 0 spiro atoms. The van der Waals surface area contributed by atoms with Crippen molar-refractivity contribution in [3.8, 4) is 0 Å². The number of hydrogen-bond donors (Lipinski definition) is 2. The summed E-state index contributed by atoms with van der Waals surface area (Å²) in [6, 6.07) is -0.937. The van der Waals surface area contributed by atoms with E-state index in [1.807, 2.05) is 0 Å². The molecule has 82 valence electrons. The molecule has 1 aliphatic carbocycles. The molecule has 0 saturated heterocycles. The third-order valence-electron chi connectivity index (χ3n) is 2.18. The number of esters is 1. The standard InChI is InChI=1S/C8H11N3O4/c1-15-8(14)4-2-5(10-11-9)7(13)6(12)3-4/h2,5-7,12-13H,3H2,1H3. The SMILES string of the molecule is COC(=O)C1=CC(N=[N+]=[N-])C(O)C(O)C1. The van der Waals surface area contributed by atoms with Gasteiger partial charge < -0.3 is 14.9 Å². The average Bonchev–Trinajstić information content (AvgIpc) is 2.23. The number of rotatable bonds is 2. The van der Waals surface area contributed by atoms with E-state index in [-0.39, 0.29) is 12.0 Å². The predicted molar refractivity (Wildman–Crippen MR) is 49.7 cm³/mol. The summed E-state index contributed by atoms with van der Waals surface area (Å²) in [5, 5.41) is 22.1. The third kappa shape index (κ3) is 2.47. The zero-order chi connectivity index (χ0) is 11.4. The molecule has 0 aromatic carbocycles. The molecule has 1 aliphatic rings. The van der Waals surface area contributed by atoms with Gasteiger partial charge in [0.05, 0.1) is 25.4 Å². The van der Waals surface area contributed by atoms with Gasteiger partial charge in [0.15, 0.2) is 0 Å². The molecule has 0 aromatic rings. The molecule has 0 bridgehead atoms. The number of methoxy groups -OCH3 is 1. The summed E-state index contributed by atoms with van der Waals surface area (Å²) in [5.74, 6) is -0.598. The van der Waals surface area contributed by atoms with Crippen LogP contribution < -0.4 is 0 Å². The lowest BCUT2D eigenvalue weighted by Crippen LogP contribution is -2.40. The maximum Gasteiger partial charge on any atom is 0.333 e. The van der Waals surface area contributed by atoms with Crippen LogP contribution in [-0.2, 0) is 9.53 Å². The number of nitrogens with zero attached hydrogens (tertiary/aromatic N) is 3. The Morgan fingerprint density at radius 1 is 1.73 bits per heavy atom. The summed E-state index contributed by atoms with van der Waals surface area (Å²) in [4.78, 5) is 13.7. The first-order valence-electron chi connectivity index (χ1n) is 4.29. The quantitative estimate of drug-likeness (QED) is 0.288. The van der Waals surface area contributed by atoms with E-state index < -0.39 is 24.2 Å². The number of azide groups is 1. The highest BCUT2D eigenvalue weighted by atomic mass is 16.5. The Hall–Kier alpha value is -1.56. The lowest BCUT2D eigenvalue weighted by Gasteiger charge is -2.27. The summed E-state index contributed by atoms with van der Waals surface area (Å²) >= 11 is 0. The Balaban J connectivity index is 2.95. The third-order valence-corrected chi connectivity index (χ3v) is 2.18. The highest BCUT2D eigenvalue weighted by Crippen LogP contribution is 2.22. The van der Waals surface area contributed by atoms with Crippen molar-refractivity contribution >= 4 is 5.97 Å². The molecule has 1 rings (SSSR count). The summed E-state index contributed by atoms with van der Waals surface area (Å²) in [6.45, 7) is 0. The van der Waals surface area contributed by atoms with Gasteiger partial charge in [-0.1, -0.05) is 11.2 Å². The van der Waals surface area contributed by atoms with Gasteiger partial charge in [0, 0.05) is 16.9 Å². The van der Waals surface area contributed by atoms with Crippen molar-refractivity contribution in [3.63, 3.8) is 0 Å². The number of ether oxygens (including phenoxy) is 1. The average molecular weight is 213 g/mol. The van der Waals surface area contributed by atoms with Gasteiger partial charge in [0.2, 0.25) is 0 Å². The van der Waals surface area contributed by atoms with Gasteiger partial charge in [-0.2, -0.15) is 0 Å². The second kappa shape index (κ2) is 4.79. The summed E-state index contributed by atoms with van der Waals surface area (Å²) in [7, 11) is 1.21. The fourth-order valence-corrected chi connectivity index (χ4v) is 1.39. The van der Waals surface area contributed by atoms with Crippen LogP contribution in [0.1, 0.15) is 6.42 Å². The zero-order valence-electron chi connectivity index (χ0n) is 8.07. The van der Waals surface area contributed by atoms with Crippen LogP contribution in [0.15, 0.2) is 16.8 Å². The van der Waals surface area contributed by atoms with Gasteiger partial charge >= 0.3 is 5.97 Å². The normalized spacial score (nSPS) is 30.1. The predicted octanol–water partition coefficient (Wildman–Crippen LogP) is -0.110. The van der Waals surface area contributed by atoms with E-state index in [4.69, 9.17) is 5.53 Å². The van der Waals surface area contributed by atoms with Gasteiger partial charge in [-0.25, -0.2) is 4.79 Å². The number of carbonyl (C=O) groups is 1. The maximum absolute atomic E-state index is 11.2. The minimum atomic E-state index is -1.19. The molecular formula is C8H11N3O4. The first-order valence-corrected chi connectivity index (χ1v) is 4.29. The van der Waals surface area contributed by atoms with Crippen LogP contribution in [0, 0.1) is 0 Å². The summed E-state index contributed by atoms with van der Waals surface area (Å²) in [5.41, 5.74) is 8.43. The van der Waals surface area contributed by atoms with Gasteiger partial charge in [-0.05, 0) is 5.53 Å². The molecule has 0 fully saturated rings. The number of carbonyl (C=O) groups excluding carboxylic acids is 1. The van der Waals surface area contributed by atoms with Crippen LogP contribution in [-0.4, -0.2) is 41.5 Å². The second-order valence-corrected chi connectivity index (χ2v) is 3.14. The van der Waals surface area contributed by atoms with E-state index in [1.54, 1.807) is 0 Å². The number of aliphatic hydroxyl groups excluding tert-OH is 2. The molecule has 0 heterocycles. The van der Waals surface area contributed by atoms with Gasteiger partial charge in [-0.3, -0.25) is 0 Å². The van der Waals surface area contributed by atoms with Crippen LogP contribution in [0.2, 0.25) is 0 Å². The first kappa shape index (κ1) is 11.5. The lowest BCUT2D eigenvalue weighted by atomic mass is 9.91. The van der Waals surface area contributed by atoms with Crippen LogP contribution in [0.3, 0.4) is 0 Å². The first-order chi connectivity index (χ1) is 7.10. The summed E-state index contributed by atoms with van der Waals surface area (Å²) in [6.07, 6.45) is -1.01. The molecule has 0 aromatic heterocycles. The number of hydrogen-bond acceptors (Lipinski definition) is 5. The monoisotopic (exact) mass is 213 g/mol. The Kier molecular flexibility index (Phi) is 3.68. The molecule has 2 N–H and O–H groups in total. The van der Waals surface area contributed by atoms with Crippen LogP contribution in [0.4, 0.5) is 0 Å². The zero-order valence-corrected chi connectivity index (χ0v) is 8.07. The Morgan fingerprint density at radius 2 is 2.40 bits per heavy atom. The van der Waals surface area contributed by atoms with Crippen LogP contribution in [0.25, 0.3) is 10.4 Å². The highest BCUT2D eigenvalue weighted by molar-refractivity contribution is 5.88. The van der Waals surface area contributed by atoms with Crippen LogP contribution in [0.5, 0.6) is 0 Å². The van der Waals surface area contributed by atoms with Crippen molar-refractivity contribution in [2.45, 2.75) is 24.7 Å². The minimum Gasteiger partial charge on any atom is -0.466 e. The molecule has 3 atom stereocenters. The van der Waals surface area contributed by atoms with E-state index in [0.29, 0.717) is 0 Å². The molecule has 0 aliphatic heterocycles. The van der Waals surface area contributed by atoms with E-state index in [2.05, 4.69) is 14.8 Å². The van der Waals surface area contributed by atoms with E-state index in [0.717, 1.165) is 0 Å². The van der Waals surface area contributed by atoms with Crippen molar-refractivity contribution < 1.29 is 19.7 Å². The molecule has 7 heteroatoms. The van der Waals surface area contributed by atoms with Crippen molar-refractivity contribution in [1.82, 2.24) is 0 Å². The van der Waals surface area contributed by atoms with Gasteiger partial charge in [-0.15, -0.1) is 0 Å². The lowest BCUT2D eigenvalue weighted by molar-refractivity contribution is -0.137. The van der Waals surface area contributed by atoms with Crippen LogP contribution >= 0.6 is 0 Å². The summed E-state index contributed by atoms with van der Waals surface area (Å²) < 4.78 is 4.46. The minimum absolute atomic E-state index is 0.00864. The molecule has 7 nitrogen and oxygen atoms in total. The Bertz CT molecular complexity index is 335. The molecule has 15 heavy (non-hydrogen) atoms. The fourth-order valence-electron chi connectivity index (χ4n) is 1.39. The van der Waals surface area contributed by atoms with Crippen molar-refractivity contribution in [3.05, 3.63) is 22.1 Å². The second-order valence-electron chi connectivity index (χ2n) is 3.14. The molecular weight excluding hydrogens is 202 g/mol. The van der Waals surface area contributed by atoms with E-state index >= 15 is 0 Å². The number of aliphatic hydroxyl groups is 2. The van der Waals surface area contributed by atoms with Gasteiger partial charge in [0.1, 0.15) is 0 Å². The molecule has 3 unspecified atom stereocenters. The topological polar surface area (TPSA) is 116 Å².